The first kappa shape index (κ1) is 12.5. The Bertz CT molecular complexity index is 313. The van der Waals surface area contributed by atoms with E-state index < -0.39 is 0 Å². The quantitative estimate of drug-likeness (QED) is 0.431. The number of hydrogen-bond donors (Lipinski definition) is 0. The molecule has 0 heterocycles. The molecule has 0 aliphatic heterocycles. The average Bonchev–Trinajstić information content (AvgIpc) is 2.20. The van der Waals surface area contributed by atoms with E-state index in [2.05, 4.69) is 0 Å². The highest BCUT2D eigenvalue weighted by molar-refractivity contribution is 7.99. The lowest BCUT2D eigenvalue weighted by atomic mass is 10.3. The molecule has 0 saturated heterocycles. The summed E-state index contributed by atoms with van der Waals surface area (Å²) in [5.74, 6) is 0.711. The van der Waals surface area contributed by atoms with E-state index in [4.69, 9.17) is 11.6 Å². The summed E-state index contributed by atoms with van der Waals surface area (Å²) in [6, 6.07) is 6.41. The maximum atomic E-state index is 12.6. The summed E-state index contributed by atoms with van der Waals surface area (Å²) >= 11 is 6.86. The summed E-state index contributed by atoms with van der Waals surface area (Å²) in [4.78, 5) is 11.5. The largest absolute Gasteiger partial charge is 0.281 e. The summed E-state index contributed by atoms with van der Waals surface area (Å²) in [6.07, 6.45) is 2.20. The second kappa shape index (κ2) is 6.85. The highest BCUT2D eigenvalue weighted by Crippen LogP contribution is 2.19. The SMILES string of the molecule is O=C(Cl)CCCCSc1ccc(F)cc1. The van der Waals surface area contributed by atoms with Gasteiger partial charge in [0.05, 0.1) is 0 Å². The van der Waals surface area contributed by atoms with Crippen LogP contribution in [-0.4, -0.2) is 11.0 Å². The van der Waals surface area contributed by atoms with Crippen LogP contribution in [0.15, 0.2) is 29.2 Å². The molecular weight excluding hydrogens is 235 g/mol. The summed E-state index contributed by atoms with van der Waals surface area (Å²) in [5, 5.41) is -0.276. The van der Waals surface area contributed by atoms with Crippen LogP contribution in [0, 0.1) is 5.82 Å². The molecule has 0 saturated carbocycles. The maximum Gasteiger partial charge on any atom is 0.221 e. The zero-order valence-electron chi connectivity index (χ0n) is 8.21. The molecular formula is C11H12ClFOS. The van der Waals surface area contributed by atoms with E-state index in [0.717, 1.165) is 23.5 Å². The maximum absolute atomic E-state index is 12.6. The summed E-state index contributed by atoms with van der Waals surface area (Å²) in [7, 11) is 0. The van der Waals surface area contributed by atoms with E-state index in [0.29, 0.717) is 6.42 Å². The number of benzene rings is 1. The van der Waals surface area contributed by atoms with Crippen LogP contribution in [0.1, 0.15) is 19.3 Å². The van der Waals surface area contributed by atoms with Gasteiger partial charge in [-0.05, 0) is 54.5 Å². The molecule has 82 valence electrons. The van der Waals surface area contributed by atoms with Crippen LogP contribution in [0.25, 0.3) is 0 Å². The summed E-state index contributed by atoms with van der Waals surface area (Å²) in [6.45, 7) is 0. The molecule has 0 atom stereocenters. The molecule has 0 bridgehead atoms. The molecule has 1 rings (SSSR count). The van der Waals surface area contributed by atoms with Crippen molar-refractivity contribution in [1.82, 2.24) is 0 Å². The van der Waals surface area contributed by atoms with Crippen LogP contribution in [0.2, 0.25) is 0 Å². The predicted octanol–water partition coefficient (Wildman–Crippen LogP) is 3.85. The van der Waals surface area contributed by atoms with Crippen LogP contribution >= 0.6 is 23.4 Å². The van der Waals surface area contributed by atoms with E-state index in [9.17, 15) is 9.18 Å². The van der Waals surface area contributed by atoms with Gasteiger partial charge in [0.2, 0.25) is 5.24 Å². The molecule has 1 aromatic rings. The van der Waals surface area contributed by atoms with Crippen molar-refractivity contribution in [2.24, 2.45) is 0 Å². The second-order valence-corrected chi connectivity index (χ2v) is 4.70. The number of thioether (sulfide) groups is 1. The van der Waals surface area contributed by atoms with Gasteiger partial charge in [0.25, 0.3) is 0 Å². The Labute approximate surface area is 98.0 Å². The van der Waals surface area contributed by atoms with Gasteiger partial charge in [-0.3, -0.25) is 4.79 Å². The van der Waals surface area contributed by atoms with Gasteiger partial charge in [0.15, 0.2) is 0 Å². The fourth-order valence-corrected chi connectivity index (χ4v) is 2.13. The lowest BCUT2D eigenvalue weighted by molar-refractivity contribution is -0.111. The zero-order valence-corrected chi connectivity index (χ0v) is 9.78. The van der Waals surface area contributed by atoms with Crippen molar-refractivity contribution in [2.75, 3.05) is 5.75 Å². The van der Waals surface area contributed by atoms with Crippen LogP contribution in [0.3, 0.4) is 0 Å². The number of rotatable bonds is 6. The van der Waals surface area contributed by atoms with Gasteiger partial charge in [-0.2, -0.15) is 0 Å². The fraction of sp³-hybridized carbons (Fsp3) is 0.364. The number of halogens is 2. The highest BCUT2D eigenvalue weighted by Gasteiger charge is 1.97. The Kier molecular flexibility index (Phi) is 5.73. The smallest absolute Gasteiger partial charge is 0.221 e. The molecule has 0 fully saturated rings. The molecule has 0 N–H and O–H groups in total. The van der Waals surface area contributed by atoms with Crippen molar-refractivity contribution in [3.05, 3.63) is 30.1 Å². The molecule has 0 amide bonds. The Morgan fingerprint density at radius 3 is 2.53 bits per heavy atom. The van der Waals surface area contributed by atoms with Crippen molar-refractivity contribution in [3.63, 3.8) is 0 Å². The minimum atomic E-state index is -0.276. The first-order chi connectivity index (χ1) is 7.18. The highest BCUT2D eigenvalue weighted by atomic mass is 35.5. The fourth-order valence-electron chi connectivity index (χ4n) is 1.09. The third-order valence-electron chi connectivity index (χ3n) is 1.85. The molecule has 0 unspecified atom stereocenters. The number of carbonyl (C=O) groups is 1. The molecule has 0 aromatic heterocycles. The first-order valence-electron chi connectivity index (χ1n) is 4.75. The van der Waals surface area contributed by atoms with Crippen LogP contribution < -0.4 is 0 Å². The molecule has 1 nitrogen and oxygen atoms in total. The van der Waals surface area contributed by atoms with E-state index in [-0.39, 0.29) is 11.1 Å². The van der Waals surface area contributed by atoms with Gasteiger partial charge in [-0.15, -0.1) is 11.8 Å². The van der Waals surface area contributed by atoms with Crippen molar-refractivity contribution >= 4 is 28.6 Å². The van der Waals surface area contributed by atoms with Gasteiger partial charge in [-0.25, -0.2) is 4.39 Å². The van der Waals surface area contributed by atoms with Gasteiger partial charge in [0, 0.05) is 11.3 Å². The van der Waals surface area contributed by atoms with Crippen molar-refractivity contribution in [2.45, 2.75) is 24.2 Å². The molecule has 0 spiro atoms. The van der Waals surface area contributed by atoms with Gasteiger partial charge < -0.3 is 0 Å². The Morgan fingerprint density at radius 1 is 1.27 bits per heavy atom. The van der Waals surface area contributed by atoms with Crippen LogP contribution in [0.5, 0.6) is 0 Å². The first-order valence-corrected chi connectivity index (χ1v) is 6.11. The van der Waals surface area contributed by atoms with Gasteiger partial charge in [-0.1, -0.05) is 0 Å². The summed E-state index contributed by atoms with van der Waals surface area (Å²) in [5.41, 5.74) is 0. The van der Waals surface area contributed by atoms with Gasteiger partial charge in [0.1, 0.15) is 5.82 Å². The average molecular weight is 247 g/mol. The Morgan fingerprint density at radius 2 is 1.93 bits per heavy atom. The molecule has 0 radical (unpaired) electrons. The molecule has 0 aliphatic carbocycles. The molecule has 1 aromatic carbocycles. The Balaban J connectivity index is 2.15. The van der Waals surface area contributed by atoms with Gasteiger partial charge >= 0.3 is 0 Å². The third kappa shape index (κ3) is 5.80. The number of unbranched alkanes of at least 4 members (excludes halogenated alkanes) is 1. The monoisotopic (exact) mass is 246 g/mol. The van der Waals surface area contributed by atoms with E-state index in [1.54, 1.807) is 23.9 Å². The minimum absolute atomic E-state index is 0.216. The minimum Gasteiger partial charge on any atom is -0.281 e. The predicted molar refractivity (Wildman–Crippen MR) is 61.8 cm³/mol. The van der Waals surface area contributed by atoms with E-state index >= 15 is 0 Å². The van der Waals surface area contributed by atoms with Crippen molar-refractivity contribution < 1.29 is 9.18 Å². The number of hydrogen-bond acceptors (Lipinski definition) is 2. The van der Waals surface area contributed by atoms with Crippen LogP contribution in [-0.2, 0) is 4.79 Å². The van der Waals surface area contributed by atoms with E-state index in [1.807, 2.05) is 0 Å². The third-order valence-corrected chi connectivity index (χ3v) is 3.14. The van der Waals surface area contributed by atoms with Crippen molar-refractivity contribution in [1.29, 1.82) is 0 Å². The lowest BCUT2D eigenvalue weighted by Crippen LogP contribution is -1.87. The Hall–Kier alpha value is -0.540. The van der Waals surface area contributed by atoms with E-state index in [1.165, 1.54) is 12.1 Å². The standard InChI is InChI=1S/C11H12ClFOS/c12-11(14)3-1-2-8-15-10-6-4-9(13)5-7-10/h4-7H,1-3,8H2. The second-order valence-electron chi connectivity index (χ2n) is 3.11. The molecule has 15 heavy (non-hydrogen) atoms. The number of carbonyl (C=O) groups excluding carboxylic acids is 1. The van der Waals surface area contributed by atoms with Crippen LogP contribution in [0.4, 0.5) is 4.39 Å². The molecule has 4 heteroatoms. The molecule has 0 aliphatic rings. The topological polar surface area (TPSA) is 17.1 Å². The van der Waals surface area contributed by atoms with Crippen molar-refractivity contribution in [3.8, 4) is 0 Å². The summed E-state index contributed by atoms with van der Waals surface area (Å²) < 4.78 is 12.6. The zero-order chi connectivity index (χ0) is 11.1. The lowest BCUT2D eigenvalue weighted by Gasteiger charge is -2.00. The normalized spacial score (nSPS) is 10.3.